The largest absolute Gasteiger partial charge is 0.325 e. The molecule has 1 fully saturated rings. The van der Waals surface area contributed by atoms with E-state index >= 15 is 0 Å². The molecule has 0 aromatic carbocycles. The van der Waals surface area contributed by atoms with Crippen molar-refractivity contribution in [3.05, 3.63) is 0 Å². The molecule has 0 saturated carbocycles. The zero-order chi connectivity index (χ0) is 11.4. The van der Waals surface area contributed by atoms with Gasteiger partial charge in [0.1, 0.15) is 0 Å². The van der Waals surface area contributed by atoms with Crippen molar-refractivity contribution in [1.82, 2.24) is 15.1 Å². The first-order valence-electron chi connectivity index (χ1n) is 5.89. The van der Waals surface area contributed by atoms with Gasteiger partial charge in [-0.2, -0.15) is 0 Å². The lowest BCUT2D eigenvalue weighted by molar-refractivity contribution is 0.118. The van der Waals surface area contributed by atoms with E-state index in [1.807, 2.05) is 23.6 Å². The number of piperazine rings is 1. The molecule has 0 aliphatic carbocycles. The Morgan fingerprint density at radius 1 is 1.40 bits per heavy atom. The van der Waals surface area contributed by atoms with Gasteiger partial charge in [0.05, 0.1) is 0 Å². The first-order valence-corrected chi connectivity index (χ1v) is 5.89. The number of rotatable bonds is 2. The fourth-order valence-electron chi connectivity index (χ4n) is 1.96. The van der Waals surface area contributed by atoms with Crippen LogP contribution in [0.5, 0.6) is 0 Å². The SMILES string of the molecule is CCN(CC)C(=O)N1CC(C)NCC1C. The van der Waals surface area contributed by atoms with Crippen LogP contribution in [0.4, 0.5) is 4.79 Å². The molecule has 0 aromatic rings. The number of nitrogens with zero attached hydrogens (tertiary/aromatic N) is 2. The van der Waals surface area contributed by atoms with Crippen molar-refractivity contribution in [3.63, 3.8) is 0 Å². The highest BCUT2D eigenvalue weighted by Gasteiger charge is 2.28. The van der Waals surface area contributed by atoms with Gasteiger partial charge >= 0.3 is 6.03 Å². The molecule has 1 saturated heterocycles. The van der Waals surface area contributed by atoms with E-state index in [0.29, 0.717) is 12.1 Å². The van der Waals surface area contributed by atoms with Crippen LogP contribution in [0.1, 0.15) is 27.7 Å². The number of carbonyl (C=O) groups is 1. The second-order valence-electron chi connectivity index (χ2n) is 4.27. The standard InChI is InChI=1S/C11H23N3O/c1-5-13(6-2)11(15)14-8-9(3)12-7-10(14)4/h9-10,12H,5-8H2,1-4H3. The molecule has 2 unspecified atom stereocenters. The van der Waals surface area contributed by atoms with Crippen LogP contribution >= 0.6 is 0 Å². The van der Waals surface area contributed by atoms with E-state index in [1.54, 1.807) is 0 Å². The van der Waals surface area contributed by atoms with Crippen molar-refractivity contribution >= 4 is 6.03 Å². The maximum absolute atomic E-state index is 12.1. The molecule has 1 aliphatic heterocycles. The minimum atomic E-state index is 0.181. The molecule has 1 N–H and O–H groups in total. The predicted octanol–water partition coefficient (Wildman–Crippen LogP) is 1.13. The molecule has 0 aromatic heterocycles. The van der Waals surface area contributed by atoms with Gasteiger partial charge in [-0.15, -0.1) is 0 Å². The number of hydrogen-bond donors (Lipinski definition) is 1. The van der Waals surface area contributed by atoms with E-state index in [2.05, 4.69) is 19.2 Å². The summed E-state index contributed by atoms with van der Waals surface area (Å²) in [5.74, 6) is 0. The Labute approximate surface area is 92.6 Å². The molecule has 0 spiro atoms. The van der Waals surface area contributed by atoms with Gasteiger partial charge in [0, 0.05) is 38.3 Å². The fourth-order valence-corrected chi connectivity index (χ4v) is 1.96. The van der Waals surface area contributed by atoms with Crippen LogP contribution in [0.15, 0.2) is 0 Å². The molecule has 4 heteroatoms. The highest BCUT2D eigenvalue weighted by molar-refractivity contribution is 5.75. The zero-order valence-corrected chi connectivity index (χ0v) is 10.3. The normalized spacial score (nSPS) is 26.5. The van der Waals surface area contributed by atoms with E-state index in [9.17, 15) is 4.79 Å². The monoisotopic (exact) mass is 213 g/mol. The van der Waals surface area contributed by atoms with Gasteiger partial charge in [-0.05, 0) is 27.7 Å². The van der Waals surface area contributed by atoms with Gasteiger partial charge in [0.2, 0.25) is 0 Å². The summed E-state index contributed by atoms with van der Waals surface area (Å²) < 4.78 is 0. The first-order chi connectivity index (χ1) is 7.10. The number of hydrogen-bond acceptors (Lipinski definition) is 2. The molecule has 1 heterocycles. The fraction of sp³-hybridized carbons (Fsp3) is 0.909. The minimum Gasteiger partial charge on any atom is -0.325 e. The molecular formula is C11H23N3O. The second-order valence-corrected chi connectivity index (χ2v) is 4.27. The lowest BCUT2D eigenvalue weighted by atomic mass is 10.1. The first kappa shape index (κ1) is 12.3. The number of amides is 2. The minimum absolute atomic E-state index is 0.181. The van der Waals surface area contributed by atoms with Crippen LogP contribution in [0.2, 0.25) is 0 Å². The zero-order valence-electron chi connectivity index (χ0n) is 10.3. The molecule has 88 valence electrons. The summed E-state index contributed by atoms with van der Waals surface area (Å²) in [6, 6.07) is 0.885. The Balaban J connectivity index is 2.63. The maximum Gasteiger partial charge on any atom is 0.320 e. The summed E-state index contributed by atoms with van der Waals surface area (Å²) >= 11 is 0. The number of carbonyl (C=O) groups excluding carboxylic acids is 1. The summed E-state index contributed by atoms with van der Waals surface area (Å²) in [4.78, 5) is 16.0. The Hall–Kier alpha value is -0.770. The molecule has 1 aliphatic rings. The van der Waals surface area contributed by atoms with Crippen molar-refractivity contribution in [2.75, 3.05) is 26.2 Å². The summed E-state index contributed by atoms with van der Waals surface area (Å²) in [6.07, 6.45) is 0. The molecule has 0 bridgehead atoms. The Kier molecular flexibility index (Phi) is 4.39. The highest BCUT2D eigenvalue weighted by atomic mass is 16.2. The van der Waals surface area contributed by atoms with Crippen LogP contribution in [-0.2, 0) is 0 Å². The van der Waals surface area contributed by atoms with E-state index in [0.717, 1.165) is 26.2 Å². The molecule has 4 nitrogen and oxygen atoms in total. The summed E-state index contributed by atoms with van der Waals surface area (Å²) in [5, 5.41) is 3.38. The average Bonchev–Trinajstić information content (AvgIpc) is 2.23. The van der Waals surface area contributed by atoms with Crippen molar-refractivity contribution in [2.24, 2.45) is 0 Å². The molecule has 0 radical (unpaired) electrons. The quantitative estimate of drug-likeness (QED) is 0.746. The van der Waals surface area contributed by atoms with Gasteiger partial charge in [-0.1, -0.05) is 0 Å². The third-order valence-electron chi connectivity index (χ3n) is 3.04. The summed E-state index contributed by atoms with van der Waals surface area (Å²) in [7, 11) is 0. The third-order valence-corrected chi connectivity index (χ3v) is 3.04. The van der Waals surface area contributed by atoms with Gasteiger partial charge in [-0.25, -0.2) is 4.79 Å². The highest BCUT2D eigenvalue weighted by Crippen LogP contribution is 2.09. The van der Waals surface area contributed by atoms with Gasteiger partial charge < -0.3 is 15.1 Å². The van der Waals surface area contributed by atoms with Gasteiger partial charge in [0.15, 0.2) is 0 Å². The molecule has 2 amide bonds. The lowest BCUT2D eigenvalue weighted by Gasteiger charge is -2.40. The van der Waals surface area contributed by atoms with Crippen molar-refractivity contribution in [2.45, 2.75) is 39.8 Å². The van der Waals surface area contributed by atoms with Crippen molar-refractivity contribution < 1.29 is 4.79 Å². The van der Waals surface area contributed by atoms with E-state index in [4.69, 9.17) is 0 Å². The molecule has 2 atom stereocenters. The maximum atomic E-state index is 12.1. The van der Waals surface area contributed by atoms with E-state index < -0.39 is 0 Å². The smallest absolute Gasteiger partial charge is 0.320 e. The summed E-state index contributed by atoms with van der Waals surface area (Å²) in [5.41, 5.74) is 0. The Morgan fingerprint density at radius 2 is 2.00 bits per heavy atom. The van der Waals surface area contributed by atoms with Gasteiger partial charge in [0.25, 0.3) is 0 Å². The van der Waals surface area contributed by atoms with Crippen molar-refractivity contribution in [1.29, 1.82) is 0 Å². The molecule has 15 heavy (non-hydrogen) atoms. The second kappa shape index (κ2) is 5.35. The Bertz CT molecular complexity index is 216. The van der Waals surface area contributed by atoms with Crippen LogP contribution in [-0.4, -0.2) is 54.1 Å². The van der Waals surface area contributed by atoms with Crippen LogP contribution in [0.25, 0.3) is 0 Å². The summed E-state index contributed by atoms with van der Waals surface area (Å²) in [6.45, 7) is 11.6. The Morgan fingerprint density at radius 3 is 2.53 bits per heavy atom. The average molecular weight is 213 g/mol. The number of nitrogens with one attached hydrogen (secondary N) is 1. The molecule has 1 rings (SSSR count). The van der Waals surface area contributed by atoms with Crippen molar-refractivity contribution in [3.8, 4) is 0 Å². The topological polar surface area (TPSA) is 35.6 Å². The third kappa shape index (κ3) is 2.84. The van der Waals surface area contributed by atoms with Gasteiger partial charge in [-0.3, -0.25) is 0 Å². The van der Waals surface area contributed by atoms with E-state index in [1.165, 1.54) is 0 Å². The number of urea groups is 1. The lowest BCUT2D eigenvalue weighted by Crippen LogP contribution is -2.59. The van der Waals surface area contributed by atoms with Crippen LogP contribution in [0, 0.1) is 0 Å². The predicted molar refractivity (Wildman–Crippen MR) is 61.9 cm³/mol. The van der Waals surface area contributed by atoms with E-state index in [-0.39, 0.29) is 6.03 Å². The van der Waals surface area contributed by atoms with Crippen LogP contribution in [0.3, 0.4) is 0 Å². The van der Waals surface area contributed by atoms with Crippen LogP contribution < -0.4 is 5.32 Å². The molecular weight excluding hydrogens is 190 g/mol.